The van der Waals surface area contributed by atoms with Crippen molar-refractivity contribution in [2.75, 3.05) is 26.2 Å². The van der Waals surface area contributed by atoms with E-state index in [1.807, 2.05) is 0 Å². The van der Waals surface area contributed by atoms with Gasteiger partial charge in [0.05, 0.1) is 0 Å². The van der Waals surface area contributed by atoms with Crippen molar-refractivity contribution in [3.63, 3.8) is 0 Å². The largest absolute Gasteiger partial charge is 0.491 e. The van der Waals surface area contributed by atoms with Gasteiger partial charge in [0.2, 0.25) is 0 Å². The first-order valence-corrected chi connectivity index (χ1v) is 8.82. The summed E-state index contributed by atoms with van der Waals surface area (Å²) >= 11 is 0. The fourth-order valence-electron chi connectivity index (χ4n) is 3.27. The fourth-order valence-corrected chi connectivity index (χ4v) is 3.27. The molecule has 25 heavy (non-hydrogen) atoms. The third kappa shape index (κ3) is 4.76. The predicted molar refractivity (Wildman–Crippen MR) is 92.0 cm³/mol. The van der Waals surface area contributed by atoms with Crippen LogP contribution >= 0.6 is 0 Å². The number of aliphatic hydroxyl groups excluding tert-OH is 1. The van der Waals surface area contributed by atoms with E-state index < -0.39 is 6.10 Å². The molecule has 1 aromatic carbocycles. The summed E-state index contributed by atoms with van der Waals surface area (Å²) in [6.07, 6.45) is 3.26. The lowest BCUT2D eigenvalue weighted by atomic mass is 9.95. The van der Waals surface area contributed by atoms with E-state index in [4.69, 9.17) is 4.74 Å². The van der Waals surface area contributed by atoms with E-state index in [2.05, 4.69) is 26.6 Å². The van der Waals surface area contributed by atoms with Crippen molar-refractivity contribution in [2.45, 2.75) is 38.3 Å². The molecule has 136 valence electrons. The lowest BCUT2D eigenvalue weighted by Gasteiger charge is -2.32. The van der Waals surface area contributed by atoms with E-state index in [1.54, 1.807) is 18.5 Å². The van der Waals surface area contributed by atoms with E-state index in [9.17, 15) is 9.50 Å². The van der Waals surface area contributed by atoms with Crippen LogP contribution in [0.2, 0.25) is 0 Å². The van der Waals surface area contributed by atoms with Gasteiger partial charge in [-0.05, 0) is 57.1 Å². The molecule has 1 atom stereocenters. The molecule has 2 aromatic rings. The van der Waals surface area contributed by atoms with Crippen LogP contribution in [0.25, 0.3) is 0 Å². The molecule has 1 saturated heterocycles. The van der Waals surface area contributed by atoms with Gasteiger partial charge in [0.25, 0.3) is 0 Å². The summed E-state index contributed by atoms with van der Waals surface area (Å²) in [5, 5.41) is 18.5. The fraction of sp³-hybridized carbons (Fsp3) is 0.556. The monoisotopic (exact) mass is 348 g/mol. The molecule has 0 spiro atoms. The first kappa shape index (κ1) is 17.8. The van der Waals surface area contributed by atoms with Crippen molar-refractivity contribution in [3.8, 4) is 5.75 Å². The summed E-state index contributed by atoms with van der Waals surface area (Å²) in [6.45, 7) is 5.62. The minimum absolute atomic E-state index is 0.204. The molecule has 2 heterocycles. The number of piperidine rings is 1. The number of benzene rings is 1. The Morgan fingerprint density at radius 2 is 2.00 bits per heavy atom. The first-order chi connectivity index (χ1) is 12.2. The topological polar surface area (TPSA) is 63.4 Å². The van der Waals surface area contributed by atoms with Crippen LogP contribution in [0.1, 0.15) is 31.5 Å². The first-order valence-electron chi connectivity index (χ1n) is 8.82. The Balaban J connectivity index is 1.41. The van der Waals surface area contributed by atoms with E-state index in [-0.39, 0.29) is 12.4 Å². The number of rotatable bonds is 7. The molecular weight excluding hydrogens is 323 g/mol. The lowest BCUT2D eigenvalue weighted by molar-refractivity contribution is 0.0589. The summed E-state index contributed by atoms with van der Waals surface area (Å²) in [5.74, 6) is 1.78. The maximum Gasteiger partial charge on any atom is 0.135 e. The summed E-state index contributed by atoms with van der Waals surface area (Å²) in [7, 11) is 0. The number of halogens is 1. The second kappa shape index (κ2) is 8.40. The van der Waals surface area contributed by atoms with Gasteiger partial charge in [-0.15, -0.1) is 10.2 Å². The molecule has 3 rings (SSSR count). The van der Waals surface area contributed by atoms with E-state index in [1.165, 1.54) is 12.1 Å². The Bertz CT molecular complexity index is 653. The van der Waals surface area contributed by atoms with Crippen molar-refractivity contribution in [3.05, 3.63) is 42.2 Å². The number of aliphatic hydroxyl groups is 1. The summed E-state index contributed by atoms with van der Waals surface area (Å²) < 4.78 is 20.5. The van der Waals surface area contributed by atoms with Crippen LogP contribution in [0, 0.1) is 5.82 Å². The van der Waals surface area contributed by atoms with Gasteiger partial charge in [-0.2, -0.15) is 0 Å². The van der Waals surface area contributed by atoms with Gasteiger partial charge in [0.1, 0.15) is 36.4 Å². The third-order valence-electron chi connectivity index (χ3n) is 4.66. The van der Waals surface area contributed by atoms with E-state index in [0.717, 1.165) is 38.3 Å². The molecule has 1 aliphatic heterocycles. The Kier molecular flexibility index (Phi) is 5.99. The SMILES string of the molecule is CCn1cnnc1C1CCN(CC(O)COc2ccc(F)cc2)CC1. The highest BCUT2D eigenvalue weighted by Gasteiger charge is 2.25. The highest BCUT2D eigenvalue weighted by molar-refractivity contribution is 5.22. The maximum atomic E-state index is 12.9. The third-order valence-corrected chi connectivity index (χ3v) is 4.66. The number of hydrogen-bond acceptors (Lipinski definition) is 5. The van der Waals surface area contributed by atoms with Crippen LogP contribution in [0.15, 0.2) is 30.6 Å². The summed E-state index contributed by atoms with van der Waals surface area (Å²) in [4.78, 5) is 2.25. The number of hydrogen-bond donors (Lipinski definition) is 1. The molecule has 0 bridgehead atoms. The average molecular weight is 348 g/mol. The summed E-state index contributed by atoms with van der Waals surface area (Å²) in [5.41, 5.74) is 0. The van der Waals surface area contributed by atoms with Gasteiger partial charge in [0, 0.05) is 19.0 Å². The quantitative estimate of drug-likeness (QED) is 0.830. The molecule has 6 nitrogen and oxygen atoms in total. The molecule has 0 amide bonds. The van der Waals surface area contributed by atoms with Crippen molar-refractivity contribution in [2.24, 2.45) is 0 Å². The molecule has 7 heteroatoms. The zero-order valence-corrected chi connectivity index (χ0v) is 14.5. The molecule has 1 fully saturated rings. The van der Waals surface area contributed by atoms with Crippen LogP contribution in [-0.2, 0) is 6.54 Å². The second-order valence-electron chi connectivity index (χ2n) is 6.47. The average Bonchev–Trinajstić information content (AvgIpc) is 3.11. The Morgan fingerprint density at radius 1 is 1.28 bits per heavy atom. The van der Waals surface area contributed by atoms with E-state index >= 15 is 0 Å². The number of aryl methyl sites for hydroxylation is 1. The molecule has 0 aliphatic carbocycles. The number of aromatic nitrogens is 3. The molecule has 1 N–H and O–H groups in total. The van der Waals surface area contributed by atoms with Crippen molar-refractivity contribution >= 4 is 0 Å². The smallest absolute Gasteiger partial charge is 0.135 e. The van der Waals surface area contributed by atoms with Gasteiger partial charge in [0.15, 0.2) is 0 Å². The van der Waals surface area contributed by atoms with Crippen molar-refractivity contribution in [1.82, 2.24) is 19.7 Å². The van der Waals surface area contributed by atoms with Gasteiger partial charge in [-0.3, -0.25) is 0 Å². The van der Waals surface area contributed by atoms with Gasteiger partial charge < -0.3 is 19.3 Å². The number of likely N-dealkylation sites (tertiary alicyclic amines) is 1. The van der Waals surface area contributed by atoms with Crippen LogP contribution in [0.3, 0.4) is 0 Å². The van der Waals surface area contributed by atoms with E-state index in [0.29, 0.717) is 18.2 Å². The van der Waals surface area contributed by atoms with Crippen LogP contribution in [0.4, 0.5) is 4.39 Å². The Labute approximate surface area is 147 Å². The van der Waals surface area contributed by atoms with Gasteiger partial charge in [-0.1, -0.05) is 0 Å². The van der Waals surface area contributed by atoms with Crippen LogP contribution < -0.4 is 4.74 Å². The van der Waals surface area contributed by atoms with Crippen LogP contribution in [0.5, 0.6) is 5.75 Å². The molecule has 1 aromatic heterocycles. The van der Waals surface area contributed by atoms with Gasteiger partial charge in [-0.25, -0.2) is 4.39 Å². The number of ether oxygens (including phenoxy) is 1. The minimum Gasteiger partial charge on any atom is -0.491 e. The van der Waals surface area contributed by atoms with Crippen LogP contribution in [-0.4, -0.2) is 57.1 Å². The highest BCUT2D eigenvalue weighted by Crippen LogP contribution is 2.26. The van der Waals surface area contributed by atoms with Gasteiger partial charge >= 0.3 is 0 Å². The maximum absolute atomic E-state index is 12.9. The molecule has 1 unspecified atom stereocenters. The summed E-state index contributed by atoms with van der Waals surface area (Å²) in [6, 6.07) is 5.83. The minimum atomic E-state index is -0.569. The number of nitrogens with zero attached hydrogens (tertiary/aromatic N) is 4. The normalized spacial score (nSPS) is 17.6. The standard InChI is InChI=1S/C18H25FN4O2/c1-2-23-13-20-21-18(23)14-7-9-22(10-8-14)11-16(24)12-25-17-5-3-15(19)4-6-17/h3-6,13-14,16,24H,2,7-12H2,1H3. The Morgan fingerprint density at radius 3 is 2.68 bits per heavy atom. The molecule has 0 saturated carbocycles. The highest BCUT2D eigenvalue weighted by atomic mass is 19.1. The van der Waals surface area contributed by atoms with Crippen molar-refractivity contribution < 1.29 is 14.2 Å². The molecular formula is C18H25FN4O2. The number of β-amino-alcohol motifs (C(OH)–C–C–N with tert-alkyl or cyclic N) is 1. The Hall–Kier alpha value is -1.99. The molecule has 1 aliphatic rings. The predicted octanol–water partition coefficient (Wildman–Crippen LogP) is 2.06. The molecule has 0 radical (unpaired) electrons. The second-order valence-corrected chi connectivity index (χ2v) is 6.47. The lowest BCUT2D eigenvalue weighted by Crippen LogP contribution is -2.40. The zero-order chi connectivity index (χ0) is 17.6. The zero-order valence-electron chi connectivity index (χ0n) is 14.5. The van der Waals surface area contributed by atoms with Crippen molar-refractivity contribution in [1.29, 1.82) is 0 Å².